The molecule has 0 amide bonds. The van der Waals surface area contributed by atoms with E-state index in [0.717, 1.165) is 24.0 Å². The molecule has 0 radical (unpaired) electrons. The fourth-order valence-corrected chi connectivity index (χ4v) is 4.04. The zero-order valence-electron chi connectivity index (χ0n) is 10.1. The topological polar surface area (TPSA) is 29.5 Å². The number of thiophene rings is 1. The molecular weight excluding hydrogens is 234 g/mol. The van der Waals surface area contributed by atoms with E-state index in [1.165, 1.54) is 43.2 Å². The summed E-state index contributed by atoms with van der Waals surface area (Å²) in [5, 5.41) is 0. The van der Waals surface area contributed by atoms with E-state index < -0.39 is 0 Å². The van der Waals surface area contributed by atoms with Crippen LogP contribution in [0.2, 0.25) is 0 Å². The molecule has 17 heavy (non-hydrogen) atoms. The number of ether oxygens (including phenoxy) is 1. The van der Waals surface area contributed by atoms with Gasteiger partial charge in [-0.1, -0.05) is 12.8 Å². The first-order valence-corrected chi connectivity index (χ1v) is 7.03. The summed E-state index contributed by atoms with van der Waals surface area (Å²) < 4.78 is 4.76. The van der Waals surface area contributed by atoms with E-state index in [1.807, 2.05) is 6.07 Å². The Bertz CT molecular complexity index is 411. The lowest BCUT2D eigenvalue weighted by atomic mass is 10.2. The molecule has 1 aromatic rings. The number of esters is 1. The van der Waals surface area contributed by atoms with E-state index in [-0.39, 0.29) is 5.97 Å². The number of fused-ring (bicyclic) bond motifs is 1. The van der Waals surface area contributed by atoms with Crippen molar-refractivity contribution in [1.82, 2.24) is 4.90 Å². The van der Waals surface area contributed by atoms with E-state index in [1.54, 1.807) is 11.3 Å². The normalized spacial score (nSPS) is 20.8. The van der Waals surface area contributed by atoms with Gasteiger partial charge in [-0.3, -0.25) is 4.90 Å². The van der Waals surface area contributed by atoms with Crippen LogP contribution in [0, 0.1) is 0 Å². The number of rotatable bonds is 2. The fourth-order valence-electron chi connectivity index (χ4n) is 2.92. The monoisotopic (exact) mass is 251 g/mol. The van der Waals surface area contributed by atoms with Gasteiger partial charge in [0.15, 0.2) is 0 Å². The van der Waals surface area contributed by atoms with Crippen LogP contribution in [0.4, 0.5) is 0 Å². The Morgan fingerprint density at radius 2 is 2.18 bits per heavy atom. The van der Waals surface area contributed by atoms with Crippen LogP contribution >= 0.6 is 11.3 Å². The van der Waals surface area contributed by atoms with Crippen LogP contribution in [0.1, 0.15) is 45.8 Å². The minimum Gasteiger partial charge on any atom is -0.465 e. The van der Waals surface area contributed by atoms with Gasteiger partial charge in [-0.2, -0.15) is 0 Å². The van der Waals surface area contributed by atoms with Gasteiger partial charge in [-0.15, -0.1) is 11.3 Å². The first-order chi connectivity index (χ1) is 8.28. The van der Waals surface area contributed by atoms with E-state index >= 15 is 0 Å². The summed E-state index contributed by atoms with van der Waals surface area (Å²) >= 11 is 1.60. The van der Waals surface area contributed by atoms with Crippen LogP contribution < -0.4 is 0 Å². The molecule has 4 heteroatoms. The lowest BCUT2D eigenvalue weighted by Gasteiger charge is -2.22. The van der Waals surface area contributed by atoms with Gasteiger partial charge in [-0.05, 0) is 24.5 Å². The third-order valence-corrected chi connectivity index (χ3v) is 4.99. The molecule has 1 aliphatic carbocycles. The van der Waals surface area contributed by atoms with E-state index in [0.29, 0.717) is 0 Å². The molecule has 92 valence electrons. The number of nitrogens with zero attached hydrogens (tertiary/aromatic N) is 1. The maximum Gasteiger partial charge on any atom is 0.348 e. The molecule has 1 saturated carbocycles. The van der Waals surface area contributed by atoms with Crippen molar-refractivity contribution in [2.24, 2.45) is 0 Å². The first kappa shape index (κ1) is 11.2. The number of carbonyl (C=O) groups is 1. The predicted molar refractivity (Wildman–Crippen MR) is 67.2 cm³/mol. The summed E-state index contributed by atoms with van der Waals surface area (Å²) in [6.45, 7) is 2.05. The third kappa shape index (κ3) is 2.00. The Balaban J connectivity index is 1.72. The van der Waals surface area contributed by atoms with Gasteiger partial charge < -0.3 is 4.74 Å². The molecule has 0 aromatic carbocycles. The summed E-state index contributed by atoms with van der Waals surface area (Å²) in [5.74, 6) is -0.197. The highest BCUT2D eigenvalue weighted by molar-refractivity contribution is 7.14. The van der Waals surface area contributed by atoms with Crippen molar-refractivity contribution >= 4 is 17.3 Å². The second kappa shape index (κ2) is 4.42. The Morgan fingerprint density at radius 1 is 1.41 bits per heavy atom. The highest BCUT2D eigenvalue weighted by Gasteiger charge is 2.30. The Morgan fingerprint density at radius 3 is 2.82 bits per heavy atom. The Labute approximate surface area is 105 Å². The predicted octanol–water partition coefficient (Wildman–Crippen LogP) is 2.79. The van der Waals surface area contributed by atoms with Crippen LogP contribution in [0.15, 0.2) is 6.07 Å². The van der Waals surface area contributed by atoms with Gasteiger partial charge in [0.2, 0.25) is 0 Å². The molecule has 0 saturated heterocycles. The molecule has 1 aromatic heterocycles. The molecule has 0 bridgehead atoms. The summed E-state index contributed by atoms with van der Waals surface area (Å²) in [6, 6.07) is 2.79. The average Bonchev–Trinajstić information content (AvgIpc) is 3.01. The third-order valence-electron chi connectivity index (χ3n) is 3.84. The minimum absolute atomic E-state index is 0.197. The maximum absolute atomic E-state index is 11.4. The van der Waals surface area contributed by atoms with Crippen molar-refractivity contribution in [3.63, 3.8) is 0 Å². The van der Waals surface area contributed by atoms with Gasteiger partial charge in [-0.25, -0.2) is 4.79 Å². The van der Waals surface area contributed by atoms with Crippen molar-refractivity contribution in [2.75, 3.05) is 7.11 Å². The van der Waals surface area contributed by atoms with Crippen molar-refractivity contribution < 1.29 is 9.53 Å². The molecule has 1 fully saturated rings. The van der Waals surface area contributed by atoms with Crippen LogP contribution in [0.3, 0.4) is 0 Å². The molecule has 3 nitrogen and oxygen atoms in total. The number of methoxy groups -OCH3 is 1. The molecule has 2 heterocycles. The Kier molecular flexibility index (Phi) is 2.92. The van der Waals surface area contributed by atoms with Gasteiger partial charge in [0, 0.05) is 24.0 Å². The smallest absolute Gasteiger partial charge is 0.348 e. The van der Waals surface area contributed by atoms with Crippen LogP contribution in [-0.2, 0) is 17.8 Å². The molecule has 0 N–H and O–H groups in total. The summed E-state index contributed by atoms with van der Waals surface area (Å²) in [6.07, 6.45) is 5.45. The highest BCUT2D eigenvalue weighted by Crippen LogP contribution is 2.35. The first-order valence-electron chi connectivity index (χ1n) is 6.22. The molecule has 0 atom stereocenters. The SMILES string of the molecule is COC(=O)c1cc2c(s1)CN(C1CCCC1)C2. The van der Waals surface area contributed by atoms with E-state index in [2.05, 4.69) is 4.90 Å². The average molecular weight is 251 g/mol. The van der Waals surface area contributed by atoms with Crippen LogP contribution in [-0.4, -0.2) is 24.0 Å². The van der Waals surface area contributed by atoms with E-state index in [9.17, 15) is 4.79 Å². The number of carbonyl (C=O) groups excluding carboxylic acids is 1. The second-order valence-corrected chi connectivity index (χ2v) is 6.03. The maximum atomic E-state index is 11.4. The zero-order chi connectivity index (χ0) is 11.8. The molecule has 0 unspecified atom stereocenters. The quantitative estimate of drug-likeness (QED) is 0.757. The zero-order valence-corrected chi connectivity index (χ0v) is 10.9. The van der Waals surface area contributed by atoms with Crippen molar-refractivity contribution in [3.05, 3.63) is 21.4 Å². The van der Waals surface area contributed by atoms with Gasteiger partial charge in [0.1, 0.15) is 4.88 Å². The highest BCUT2D eigenvalue weighted by atomic mass is 32.1. The van der Waals surface area contributed by atoms with Crippen LogP contribution in [0.25, 0.3) is 0 Å². The molecular formula is C13H17NO2S. The Hall–Kier alpha value is -0.870. The standard InChI is InChI=1S/C13H17NO2S/c1-16-13(15)11-6-9-7-14(8-12(9)17-11)10-4-2-3-5-10/h6,10H,2-5,7-8H2,1H3. The number of hydrogen-bond donors (Lipinski definition) is 0. The molecule has 3 rings (SSSR count). The van der Waals surface area contributed by atoms with Crippen molar-refractivity contribution in [2.45, 2.75) is 44.8 Å². The molecule has 0 spiro atoms. The second-order valence-electron chi connectivity index (χ2n) is 4.89. The molecule has 1 aliphatic heterocycles. The van der Waals surface area contributed by atoms with Gasteiger partial charge in [0.05, 0.1) is 7.11 Å². The number of hydrogen-bond acceptors (Lipinski definition) is 4. The fraction of sp³-hybridized carbons (Fsp3) is 0.615. The molecule has 2 aliphatic rings. The van der Waals surface area contributed by atoms with Gasteiger partial charge >= 0.3 is 5.97 Å². The lowest BCUT2D eigenvalue weighted by Crippen LogP contribution is -2.27. The van der Waals surface area contributed by atoms with Crippen LogP contribution in [0.5, 0.6) is 0 Å². The summed E-state index contributed by atoms with van der Waals surface area (Å²) in [4.78, 5) is 16.1. The largest absolute Gasteiger partial charge is 0.465 e. The lowest BCUT2D eigenvalue weighted by molar-refractivity contribution is 0.0606. The minimum atomic E-state index is -0.197. The van der Waals surface area contributed by atoms with Crippen molar-refractivity contribution in [1.29, 1.82) is 0 Å². The summed E-state index contributed by atoms with van der Waals surface area (Å²) in [5.41, 5.74) is 1.34. The summed E-state index contributed by atoms with van der Waals surface area (Å²) in [7, 11) is 1.44. The van der Waals surface area contributed by atoms with E-state index in [4.69, 9.17) is 4.74 Å². The van der Waals surface area contributed by atoms with Crippen molar-refractivity contribution in [3.8, 4) is 0 Å². The van der Waals surface area contributed by atoms with Gasteiger partial charge in [0.25, 0.3) is 0 Å².